The van der Waals surface area contributed by atoms with Crippen molar-refractivity contribution in [3.63, 3.8) is 0 Å². The molecule has 1 amide bonds. The summed E-state index contributed by atoms with van der Waals surface area (Å²) < 4.78 is 0. The predicted octanol–water partition coefficient (Wildman–Crippen LogP) is 3.67. The van der Waals surface area contributed by atoms with E-state index in [0.29, 0.717) is 12.5 Å². The van der Waals surface area contributed by atoms with Crippen molar-refractivity contribution in [1.82, 2.24) is 10.2 Å². The van der Waals surface area contributed by atoms with Crippen LogP contribution in [0.15, 0.2) is 48.5 Å². The minimum Gasteiger partial charge on any atom is -0.352 e. The molecule has 0 aromatic heterocycles. The SMILES string of the molecule is C[C@@H](c1ccccc1)N1CC[C@@H](NC(=O)Cc2ccc3c(c2)CCC3)C1. The first-order valence-electron chi connectivity index (χ1n) is 9.88. The van der Waals surface area contributed by atoms with E-state index in [9.17, 15) is 4.79 Å². The number of hydrogen-bond acceptors (Lipinski definition) is 2. The third kappa shape index (κ3) is 3.83. The molecule has 4 rings (SSSR count). The van der Waals surface area contributed by atoms with Crippen LogP contribution in [0.3, 0.4) is 0 Å². The molecule has 2 aromatic rings. The van der Waals surface area contributed by atoms with Crippen molar-refractivity contribution in [2.75, 3.05) is 13.1 Å². The fraction of sp³-hybridized carbons (Fsp3) is 0.435. The Hall–Kier alpha value is -2.13. The second kappa shape index (κ2) is 7.63. The molecule has 3 heteroatoms. The number of nitrogens with one attached hydrogen (secondary N) is 1. The van der Waals surface area contributed by atoms with Gasteiger partial charge in [0.25, 0.3) is 0 Å². The van der Waals surface area contributed by atoms with E-state index in [1.54, 1.807) is 0 Å². The average Bonchev–Trinajstić information content (AvgIpc) is 3.30. The van der Waals surface area contributed by atoms with Gasteiger partial charge in [-0.25, -0.2) is 0 Å². The molecule has 1 aliphatic carbocycles. The molecule has 0 bridgehead atoms. The summed E-state index contributed by atoms with van der Waals surface area (Å²) in [6.07, 6.45) is 5.15. The number of fused-ring (bicyclic) bond motifs is 1. The Kier molecular flexibility index (Phi) is 5.07. The summed E-state index contributed by atoms with van der Waals surface area (Å²) in [4.78, 5) is 15.0. The van der Waals surface area contributed by atoms with Crippen molar-refractivity contribution in [3.8, 4) is 0 Å². The first-order valence-corrected chi connectivity index (χ1v) is 9.88. The Labute approximate surface area is 156 Å². The van der Waals surface area contributed by atoms with Crippen molar-refractivity contribution < 1.29 is 4.79 Å². The number of amides is 1. The molecule has 1 N–H and O–H groups in total. The van der Waals surface area contributed by atoms with Crippen molar-refractivity contribution in [2.24, 2.45) is 0 Å². The number of nitrogens with zero attached hydrogens (tertiary/aromatic N) is 1. The maximum atomic E-state index is 12.5. The van der Waals surface area contributed by atoms with E-state index in [1.165, 1.54) is 36.0 Å². The lowest BCUT2D eigenvalue weighted by molar-refractivity contribution is -0.121. The number of carbonyl (C=O) groups excluding carboxylic acids is 1. The van der Waals surface area contributed by atoms with E-state index >= 15 is 0 Å². The number of aryl methyl sites for hydroxylation is 2. The Morgan fingerprint density at radius 1 is 1.15 bits per heavy atom. The van der Waals surface area contributed by atoms with Crippen LogP contribution in [0.25, 0.3) is 0 Å². The number of benzene rings is 2. The lowest BCUT2D eigenvalue weighted by Crippen LogP contribution is -2.38. The molecule has 1 fully saturated rings. The summed E-state index contributed by atoms with van der Waals surface area (Å²) in [5, 5.41) is 3.25. The lowest BCUT2D eigenvalue weighted by Gasteiger charge is -2.24. The summed E-state index contributed by atoms with van der Waals surface area (Å²) in [5.74, 6) is 0.155. The van der Waals surface area contributed by atoms with Gasteiger partial charge in [0.1, 0.15) is 0 Å². The molecular weight excluding hydrogens is 320 g/mol. The molecule has 2 aliphatic rings. The van der Waals surface area contributed by atoms with E-state index in [1.807, 2.05) is 0 Å². The topological polar surface area (TPSA) is 32.3 Å². The molecule has 1 aliphatic heterocycles. The third-order valence-corrected chi connectivity index (χ3v) is 5.94. The molecule has 0 unspecified atom stereocenters. The van der Waals surface area contributed by atoms with Gasteiger partial charge in [0.05, 0.1) is 6.42 Å². The predicted molar refractivity (Wildman–Crippen MR) is 105 cm³/mol. The van der Waals surface area contributed by atoms with Gasteiger partial charge >= 0.3 is 0 Å². The quantitative estimate of drug-likeness (QED) is 0.894. The van der Waals surface area contributed by atoms with Gasteiger partial charge < -0.3 is 5.32 Å². The van der Waals surface area contributed by atoms with Crippen molar-refractivity contribution in [2.45, 2.75) is 51.1 Å². The zero-order chi connectivity index (χ0) is 17.9. The largest absolute Gasteiger partial charge is 0.352 e. The monoisotopic (exact) mass is 348 g/mol. The Bertz CT molecular complexity index is 771. The highest BCUT2D eigenvalue weighted by molar-refractivity contribution is 5.79. The molecule has 0 spiro atoms. The van der Waals surface area contributed by atoms with E-state index < -0.39 is 0 Å². The third-order valence-electron chi connectivity index (χ3n) is 5.94. The van der Waals surface area contributed by atoms with E-state index in [4.69, 9.17) is 0 Å². The van der Waals surface area contributed by atoms with Crippen molar-refractivity contribution in [1.29, 1.82) is 0 Å². The fourth-order valence-corrected chi connectivity index (χ4v) is 4.40. The lowest BCUT2D eigenvalue weighted by atomic mass is 10.0. The van der Waals surface area contributed by atoms with Gasteiger partial charge in [0, 0.05) is 25.2 Å². The maximum Gasteiger partial charge on any atom is 0.224 e. The summed E-state index contributed by atoms with van der Waals surface area (Å²) in [7, 11) is 0. The van der Waals surface area contributed by atoms with Crippen LogP contribution < -0.4 is 5.32 Å². The summed E-state index contributed by atoms with van der Waals surface area (Å²) in [6.45, 7) is 4.23. The van der Waals surface area contributed by atoms with Crippen LogP contribution in [0.4, 0.5) is 0 Å². The van der Waals surface area contributed by atoms with Crippen LogP contribution in [0.2, 0.25) is 0 Å². The molecule has 2 aromatic carbocycles. The second-order valence-electron chi connectivity index (χ2n) is 7.77. The molecule has 3 nitrogen and oxygen atoms in total. The first-order chi connectivity index (χ1) is 12.7. The number of likely N-dealkylation sites (tertiary alicyclic amines) is 1. The molecular formula is C23H28N2O. The van der Waals surface area contributed by atoms with Gasteiger partial charge in [0.2, 0.25) is 5.91 Å². The molecule has 0 radical (unpaired) electrons. The molecule has 0 saturated carbocycles. The van der Waals surface area contributed by atoms with Gasteiger partial charge in [-0.1, -0.05) is 48.5 Å². The number of carbonyl (C=O) groups is 1. The van der Waals surface area contributed by atoms with Crippen LogP contribution in [0.1, 0.15) is 48.1 Å². The minimum atomic E-state index is 0.155. The van der Waals surface area contributed by atoms with Gasteiger partial charge in [0.15, 0.2) is 0 Å². The molecule has 1 heterocycles. The van der Waals surface area contributed by atoms with Gasteiger partial charge in [-0.2, -0.15) is 0 Å². The van der Waals surface area contributed by atoms with E-state index in [0.717, 1.165) is 25.1 Å². The highest BCUT2D eigenvalue weighted by Crippen LogP contribution is 2.25. The number of rotatable bonds is 5. The maximum absolute atomic E-state index is 12.5. The average molecular weight is 348 g/mol. The van der Waals surface area contributed by atoms with Gasteiger partial charge in [-0.3, -0.25) is 9.69 Å². The van der Waals surface area contributed by atoms with Crippen molar-refractivity contribution >= 4 is 5.91 Å². The van der Waals surface area contributed by atoms with E-state index in [2.05, 4.69) is 65.7 Å². The van der Waals surface area contributed by atoms with E-state index in [-0.39, 0.29) is 11.9 Å². The van der Waals surface area contributed by atoms with Gasteiger partial charge in [-0.05, 0) is 54.9 Å². The first kappa shape index (κ1) is 17.3. The summed E-state index contributed by atoms with van der Waals surface area (Å²) in [5.41, 5.74) is 5.41. The Morgan fingerprint density at radius 2 is 1.96 bits per heavy atom. The number of hydrogen-bond donors (Lipinski definition) is 1. The van der Waals surface area contributed by atoms with Gasteiger partial charge in [-0.15, -0.1) is 0 Å². The van der Waals surface area contributed by atoms with Crippen LogP contribution in [-0.2, 0) is 24.1 Å². The molecule has 26 heavy (non-hydrogen) atoms. The van der Waals surface area contributed by atoms with Crippen LogP contribution in [-0.4, -0.2) is 29.9 Å². The Balaban J connectivity index is 1.30. The zero-order valence-electron chi connectivity index (χ0n) is 15.6. The standard InChI is InChI=1S/C23H28N2O/c1-17(19-6-3-2-4-7-19)25-13-12-22(16-25)24-23(26)15-18-10-11-20-8-5-9-21(20)14-18/h2-4,6-7,10-11,14,17,22H,5,8-9,12-13,15-16H2,1H3,(H,24,26)/t17-,22+/m0/s1. The van der Waals surface area contributed by atoms with Crippen LogP contribution >= 0.6 is 0 Å². The summed E-state index contributed by atoms with van der Waals surface area (Å²) >= 11 is 0. The smallest absolute Gasteiger partial charge is 0.224 e. The summed E-state index contributed by atoms with van der Waals surface area (Å²) in [6, 6.07) is 17.9. The van der Waals surface area contributed by atoms with Crippen molar-refractivity contribution in [3.05, 3.63) is 70.8 Å². The highest BCUT2D eigenvalue weighted by Gasteiger charge is 2.27. The minimum absolute atomic E-state index is 0.155. The zero-order valence-corrected chi connectivity index (χ0v) is 15.6. The molecule has 136 valence electrons. The normalized spacial score (nSPS) is 20.7. The fourth-order valence-electron chi connectivity index (χ4n) is 4.40. The van der Waals surface area contributed by atoms with Crippen LogP contribution in [0, 0.1) is 0 Å². The van der Waals surface area contributed by atoms with Crippen LogP contribution in [0.5, 0.6) is 0 Å². The molecule has 1 saturated heterocycles. The second-order valence-corrected chi connectivity index (χ2v) is 7.77. The Morgan fingerprint density at radius 3 is 2.81 bits per heavy atom. The molecule has 2 atom stereocenters. The highest BCUT2D eigenvalue weighted by atomic mass is 16.1.